The second-order valence-electron chi connectivity index (χ2n) is 7.96. The first-order valence-corrected chi connectivity index (χ1v) is 12.0. The molecule has 5 nitrogen and oxygen atoms in total. The van der Waals surface area contributed by atoms with Crippen LogP contribution in [0.2, 0.25) is 18.1 Å². The van der Waals surface area contributed by atoms with E-state index < -0.39 is 32.1 Å². The molecule has 1 aromatic carbocycles. The summed E-state index contributed by atoms with van der Waals surface area (Å²) < 4.78 is 15.8. The molecule has 0 N–H and O–H groups in total. The maximum absolute atomic E-state index is 12.3. The lowest BCUT2D eigenvalue weighted by atomic mass is 9.85. The molecule has 1 rings (SSSR count). The molecule has 1 atom stereocenters. The summed E-state index contributed by atoms with van der Waals surface area (Å²) >= 11 is 0. The van der Waals surface area contributed by atoms with Crippen molar-refractivity contribution in [2.24, 2.45) is 5.92 Å². The first kappa shape index (κ1) is 23.1. The van der Waals surface area contributed by atoms with Crippen molar-refractivity contribution in [2.45, 2.75) is 44.8 Å². The van der Waals surface area contributed by atoms with Crippen LogP contribution in [-0.4, -0.2) is 41.1 Å². The van der Waals surface area contributed by atoms with E-state index in [0.717, 1.165) is 5.56 Å². The second kappa shape index (κ2) is 9.85. The molecule has 0 bridgehead atoms. The van der Waals surface area contributed by atoms with Crippen LogP contribution < -0.4 is 0 Å². The van der Waals surface area contributed by atoms with E-state index in [-0.39, 0.29) is 5.04 Å². The van der Waals surface area contributed by atoms with Crippen molar-refractivity contribution in [3.63, 3.8) is 0 Å². The summed E-state index contributed by atoms with van der Waals surface area (Å²) in [5.74, 6) is -2.79. The third-order valence-corrected chi connectivity index (χ3v) is 9.64. The number of ether oxygens (including phenoxy) is 2. The molecule has 0 amide bonds. The molecule has 0 aliphatic heterocycles. The van der Waals surface area contributed by atoms with Gasteiger partial charge < -0.3 is 13.9 Å². The predicted molar refractivity (Wildman–Crippen MR) is 109 cm³/mol. The minimum atomic E-state index is -1.88. The predicted octanol–water partition coefficient (Wildman–Crippen LogP) is 4.31. The van der Waals surface area contributed by atoms with Crippen LogP contribution in [-0.2, 0) is 23.5 Å². The Hall–Kier alpha value is -1.92. The maximum Gasteiger partial charge on any atom is 0.321 e. The molecular formula is C21H32O5Si. The average Bonchev–Trinajstić information content (AvgIpc) is 2.62. The number of allylic oxidation sites excluding steroid dienone is 1. The van der Waals surface area contributed by atoms with E-state index in [1.165, 1.54) is 14.2 Å². The summed E-state index contributed by atoms with van der Waals surface area (Å²) in [6.45, 7) is 11.3. The van der Waals surface area contributed by atoms with E-state index >= 15 is 0 Å². The number of esters is 2. The minimum absolute atomic E-state index is 0.111. The first-order valence-electron chi connectivity index (χ1n) is 9.06. The van der Waals surface area contributed by atoms with Crippen LogP contribution in [0.4, 0.5) is 0 Å². The standard InChI is InChI=1S/C21H32O5Si/c1-21(2,3)27(6,7)26-15-11-14-17(16-12-9-8-10-13-16)18(19(22)24-4)20(23)25-5/h8-14,17-18H,15H2,1-7H3/b14-11+. The summed E-state index contributed by atoms with van der Waals surface area (Å²) in [6, 6.07) is 9.38. The molecule has 27 heavy (non-hydrogen) atoms. The van der Waals surface area contributed by atoms with Gasteiger partial charge >= 0.3 is 11.9 Å². The van der Waals surface area contributed by atoms with Crippen LogP contribution in [0.3, 0.4) is 0 Å². The van der Waals surface area contributed by atoms with Crippen molar-refractivity contribution in [3.8, 4) is 0 Å². The zero-order valence-electron chi connectivity index (χ0n) is 17.4. The van der Waals surface area contributed by atoms with Crippen molar-refractivity contribution in [2.75, 3.05) is 20.8 Å². The Labute approximate surface area is 163 Å². The quantitative estimate of drug-likeness (QED) is 0.285. The van der Waals surface area contributed by atoms with E-state index in [0.29, 0.717) is 6.61 Å². The lowest BCUT2D eigenvalue weighted by Crippen LogP contribution is -2.40. The Morgan fingerprint density at radius 1 is 1.04 bits per heavy atom. The molecule has 0 aliphatic rings. The highest BCUT2D eigenvalue weighted by Crippen LogP contribution is 2.36. The minimum Gasteiger partial charge on any atom is -0.468 e. The zero-order valence-corrected chi connectivity index (χ0v) is 18.4. The molecule has 0 aromatic heterocycles. The average molecular weight is 393 g/mol. The van der Waals surface area contributed by atoms with Crippen LogP contribution in [0.25, 0.3) is 0 Å². The Bertz CT molecular complexity index is 630. The molecular weight excluding hydrogens is 360 g/mol. The van der Waals surface area contributed by atoms with E-state index in [9.17, 15) is 9.59 Å². The van der Waals surface area contributed by atoms with Gasteiger partial charge in [0.05, 0.1) is 20.8 Å². The van der Waals surface area contributed by atoms with Gasteiger partial charge in [-0.2, -0.15) is 0 Å². The smallest absolute Gasteiger partial charge is 0.321 e. The van der Waals surface area contributed by atoms with E-state index in [4.69, 9.17) is 13.9 Å². The molecule has 0 fully saturated rings. The maximum atomic E-state index is 12.3. The Morgan fingerprint density at radius 3 is 2.00 bits per heavy atom. The van der Waals surface area contributed by atoms with Gasteiger partial charge in [-0.15, -0.1) is 0 Å². The number of carbonyl (C=O) groups is 2. The molecule has 1 unspecified atom stereocenters. The lowest BCUT2D eigenvalue weighted by molar-refractivity contribution is -0.159. The summed E-state index contributed by atoms with van der Waals surface area (Å²) in [6.07, 6.45) is 3.71. The summed E-state index contributed by atoms with van der Waals surface area (Å²) in [7, 11) is 0.662. The number of benzene rings is 1. The van der Waals surface area contributed by atoms with Gasteiger partial charge in [0.15, 0.2) is 14.2 Å². The Morgan fingerprint density at radius 2 is 1.56 bits per heavy atom. The van der Waals surface area contributed by atoms with Crippen molar-refractivity contribution < 1.29 is 23.5 Å². The van der Waals surface area contributed by atoms with Gasteiger partial charge in [-0.05, 0) is 23.7 Å². The van der Waals surface area contributed by atoms with E-state index in [1.54, 1.807) is 0 Å². The van der Waals surface area contributed by atoms with Crippen molar-refractivity contribution in [3.05, 3.63) is 48.0 Å². The van der Waals surface area contributed by atoms with Gasteiger partial charge in [-0.3, -0.25) is 9.59 Å². The largest absolute Gasteiger partial charge is 0.468 e. The first-order chi connectivity index (χ1) is 12.5. The summed E-state index contributed by atoms with van der Waals surface area (Å²) in [5.41, 5.74) is 0.835. The van der Waals surface area contributed by atoms with Gasteiger partial charge in [-0.1, -0.05) is 63.3 Å². The fourth-order valence-corrected chi connectivity index (χ4v) is 3.35. The zero-order chi connectivity index (χ0) is 20.7. The molecule has 0 radical (unpaired) electrons. The van der Waals surface area contributed by atoms with Crippen LogP contribution in [0.15, 0.2) is 42.5 Å². The topological polar surface area (TPSA) is 61.8 Å². The summed E-state index contributed by atoms with van der Waals surface area (Å²) in [5, 5.41) is 0.111. The fourth-order valence-electron chi connectivity index (χ4n) is 2.41. The third-order valence-electron chi connectivity index (χ3n) is 5.14. The number of carbonyl (C=O) groups excluding carboxylic acids is 2. The molecule has 0 aliphatic carbocycles. The van der Waals surface area contributed by atoms with Gasteiger partial charge in [0.2, 0.25) is 0 Å². The Balaban J connectivity index is 3.09. The van der Waals surface area contributed by atoms with Gasteiger partial charge in [0.1, 0.15) is 0 Å². The lowest BCUT2D eigenvalue weighted by Gasteiger charge is -2.35. The highest BCUT2D eigenvalue weighted by atomic mass is 28.4. The van der Waals surface area contributed by atoms with Crippen molar-refractivity contribution in [1.82, 2.24) is 0 Å². The molecule has 0 spiro atoms. The normalized spacial score (nSPS) is 13.6. The molecule has 0 heterocycles. The molecule has 0 saturated carbocycles. The molecule has 150 valence electrons. The van der Waals surface area contributed by atoms with Crippen molar-refractivity contribution >= 4 is 20.3 Å². The highest BCUT2D eigenvalue weighted by molar-refractivity contribution is 6.74. The number of methoxy groups -OCH3 is 2. The molecule has 0 saturated heterocycles. The van der Waals surface area contributed by atoms with E-state index in [2.05, 4.69) is 33.9 Å². The van der Waals surface area contributed by atoms with Gasteiger partial charge in [0, 0.05) is 5.92 Å². The van der Waals surface area contributed by atoms with Crippen LogP contribution in [0.5, 0.6) is 0 Å². The van der Waals surface area contributed by atoms with Crippen LogP contribution >= 0.6 is 0 Å². The third kappa shape index (κ3) is 6.32. The number of hydrogen-bond donors (Lipinski definition) is 0. The number of rotatable bonds is 8. The van der Waals surface area contributed by atoms with Gasteiger partial charge in [-0.25, -0.2) is 0 Å². The van der Waals surface area contributed by atoms with Crippen LogP contribution in [0, 0.1) is 5.92 Å². The second-order valence-corrected chi connectivity index (χ2v) is 12.8. The number of hydrogen-bond acceptors (Lipinski definition) is 5. The summed E-state index contributed by atoms with van der Waals surface area (Å²) in [4.78, 5) is 24.5. The fraction of sp³-hybridized carbons (Fsp3) is 0.524. The SMILES string of the molecule is COC(=O)C(C(=O)OC)C(/C=C/CO[Si](C)(C)C(C)(C)C)c1ccccc1. The monoisotopic (exact) mass is 392 g/mol. The van der Waals surface area contributed by atoms with Crippen LogP contribution in [0.1, 0.15) is 32.3 Å². The van der Waals surface area contributed by atoms with E-state index in [1.807, 2.05) is 42.5 Å². The Kier molecular flexibility index (Phi) is 8.43. The van der Waals surface area contributed by atoms with Crippen molar-refractivity contribution in [1.29, 1.82) is 0 Å². The molecule has 1 aromatic rings. The molecule has 6 heteroatoms. The highest BCUT2D eigenvalue weighted by Gasteiger charge is 2.38. The van der Waals surface area contributed by atoms with Gasteiger partial charge in [0.25, 0.3) is 0 Å².